The van der Waals surface area contributed by atoms with Crippen molar-refractivity contribution >= 4 is 21.6 Å². The zero-order chi connectivity index (χ0) is 15.0. The van der Waals surface area contributed by atoms with Gasteiger partial charge in [0.1, 0.15) is 0 Å². The van der Waals surface area contributed by atoms with Crippen molar-refractivity contribution in [2.24, 2.45) is 11.8 Å². The molecule has 0 spiro atoms. The third-order valence-corrected chi connectivity index (χ3v) is 4.65. The van der Waals surface area contributed by atoms with Crippen LogP contribution in [-0.2, 0) is 10.0 Å². The fourth-order valence-corrected chi connectivity index (χ4v) is 3.67. The number of amides is 1. The number of carbonyl (C=O) groups is 1. The Morgan fingerprint density at radius 3 is 2.38 bits per heavy atom. The minimum Gasteiger partial charge on any atom is -0.349 e. The van der Waals surface area contributed by atoms with Crippen molar-refractivity contribution in [1.82, 2.24) is 5.32 Å². The molecule has 3 atom stereocenters. The number of nitrogens with one attached hydrogen (secondary N) is 2. The molecule has 0 saturated heterocycles. The average molecular weight is 306 g/mol. The fourth-order valence-electron chi connectivity index (χ4n) is 3.10. The predicted molar refractivity (Wildman–Crippen MR) is 81.5 cm³/mol. The van der Waals surface area contributed by atoms with Crippen molar-refractivity contribution in [2.45, 2.75) is 18.9 Å². The summed E-state index contributed by atoms with van der Waals surface area (Å²) in [6.07, 6.45) is 7.68. The molecule has 1 saturated carbocycles. The standard InChI is InChI=1S/C15H18N2O3S/c1-21(19,20)17-13-6-4-11(5-7-13)15(18)16-14-9-10-2-3-12(14)8-10/h2-7,10,12,14,17H,8-9H2,1H3,(H,16,18). The number of rotatable bonds is 4. The zero-order valence-corrected chi connectivity index (χ0v) is 12.6. The van der Waals surface area contributed by atoms with Crippen LogP contribution in [0.25, 0.3) is 0 Å². The number of benzene rings is 1. The molecule has 0 aromatic heterocycles. The van der Waals surface area contributed by atoms with E-state index in [1.54, 1.807) is 24.3 Å². The summed E-state index contributed by atoms with van der Waals surface area (Å²) in [5, 5.41) is 3.07. The molecule has 2 bridgehead atoms. The number of allylic oxidation sites excluding steroid dienone is 1. The Kier molecular flexibility index (Phi) is 3.49. The smallest absolute Gasteiger partial charge is 0.251 e. The predicted octanol–water partition coefficient (Wildman–Crippen LogP) is 1.75. The summed E-state index contributed by atoms with van der Waals surface area (Å²) >= 11 is 0. The summed E-state index contributed by atoms with van der Waals surface area (Å²) in [5.41, 5.74) is 0.998. The van der Waals surface area contributed by atoms with Crippen molar-refractivity contribution in [2.75, 3.05) is 11.0 Å². The summed E-state index contributed by atoms with van der Waals surface area (Å²) in [6.45, 7) is 0. The fraction of sp³-hybridized carbons (Fsp3) is 0.400. The Balaban J connectivity index is 1.64. The minimum absolute atomic E-state index is 0.105. The first-order chi connectivity index (χ1) is 9.90. The molecule has 6 heteroatoms. The summed E-state index contributed by atoms with van der Waals surface area (Å²) in [4.78, 5) is 12.2. The van der Waals surface area contributed by atoms with E-state index in [4.69, 9.17) is 0 Å². The highest BCUT2D eigenvalue weighted by atomic mass is 32.2. The van der Waals surface area contributed by atoms with Gasteiger partial charge < -0.3 is 5.32 Å². The molecule has 21 heavy (non-hydrogen) atoms. The SMILES string of the molecule is CS(=O)(=O)Nc1ccc(C(=O)NC2CC3C=CC2C3)cc1. The number of carbonyl (C=O) groups excluding carboxylic acids is 1. The van der Waals surface area contributed by atoms with E-state index >= 15 is 0 Å². The van der Waals surface area contributed by atoms with E-state index in [9.17, 15) is 13.2 Å². The second-order valence-electron chi connectivity index (χ2n) is 5.81. The normalized spacial score (nSPS) is 26.8. The van der Waals surface area contributed by atoms with Crippen LogP contribution in [0, 0.1) is 11.8 Å². The van der Waals surface area contributed by atoms with Crippen molar-refractivity contribution in [3.63, 3.8) is 0 Å². The van der Waals surface area contributed by atoms with Crippen LogP contribution in [-0.4, -0.2) is 26.6 Å². The number of hydrogen-bond donors (Lipinski definition) is 2. The van der Waals surface area contributed by atoms with Gasteiger partial charge in [0, 0.05) is 17.3 Å². The van der Waals surface area contributed by atoms with E-state index in [1.165, 1.54) is 0 Å². The van der Waals surface area contributed by atoms with Gasteiger partial charge in [0.25, 0.3) is 5.91 Å². The van der Waals surface area contributed by atoms with Crippen LogP contribution < -0.4 is 10.0 Å². The van der Waals surface area contributed by atoms with Crippen LogP contribution in [0.1, 0.15) is 23.2 Å². The van der Waals surface area contributed by atoms with E-state index in [0.717, 1.165) is 19.1 Å². The first-order valence-electron chi connectivity index (χ1n) is 6.98. The van der Waals surface area contributed by atoms with Crippen LogP contribution >= 0.6 is 0 Å². The minimum atomic E-state index is -3.29. The largest absolute Gasteiger partial charge is 0.349 e. The lowest BCUT2D eigenvalue weighted by Gasteiger charge is -2.19. The third kappa shape index (κ3) is 3.26. The molecule has 1 aromatic carbocycles. The quantitative estimate of drug-likeness (QED) is 0.832. The van der Waals surface area contributed by atoms with Gasteiger partial charge in [-0.25, -0.2) is 8.42 Å². The Bertz CT molecular complexity index is 679. The van der Waals surface area contributed by atoms with Crippen molar-refractivity contribution < 1.29 is 13.2 Å². The molecular weight excluding hydrogens is 288 g/mol. The molecule has 1 amide bonds. The summed E-state index contributed by atoms with van der Waals surface area (Å²) in [7, 11) is -3.29. The molecular formula is C15H18N2O3S. The molecule has 0 aliphatic heterocycles. The molecule has 3 rings (SSSR count). The Morgan fingerprint density at radius 2 is 1.86 bits per heavy atom. The molecule has 112 valence electrons. The number of hydrogen-bond acceptors (Lipinski definition) is 3. The highest BCUT2D eigenvalue weighted by molar-refractivity contribution is 7.92. The molecule has 2 N–H and O–H groups in total. The lowest BCUT2D eigenvalue weighted by Crippen LogP contribution is -2.37. The van der Waals surface area contributed by atoms with Crippen molar-refractivity contribution in [1.29, 1.82) is 0 Å². The second-order valence-corrected chi connectivity index (χ2v) is 7.56. The van der Waals surface area contributed by atoms with E-state index in [0.29, 0.717) is 23.1 Å². The van der Waals surface area contributed by atoms with E-state index < -0.39 is 10.0 Å². The molecule has 3 unspecified atom stereocenters. The molecule has 2 aliphatic rings. The van der Waals surface area contributed by atoms with Gasteiger partial charge in [-0.15, -0.1) is 0 Å². The number of anilines is 1. The monoisotopic (exact) mass is 306 g/mol. The van der Waals surface area contributed by atoms with Crippen LogP contribution in [0.3, 0.4) is 0 Å². The van der Waals surface area contributed by atoms with E-state index in [2.05, 4.69) is 22.2 Å². The summed E-state index contributed by atoms with van der Waals surface area (Å²) in [6, 6.07) is 6.67. The lowest BCUT2D eigenvalue weighted by molar-refractivity contribution is 0.0931. The highest BCUT2D eigenvalue weighted by Gasteiger charge is 2.36. The van der Waals surface area contributed by atoms with Crippen LogP contribution in [0.5, 0.6) is 0 Å². The summed E-state index contributed by atoms with van der Waals surface area (Å²) < 4.78 is 24.6. The van der Waals surface area contributed by atoms with Crippen molar-refractivity contribution in [3.8, 4) is 0 Å². The topological polar surface area (TPSA) is 75.3 Å². The Labute approximate surface area is 124 Å². The van der Waals surface area contributed by atoms with Gasteiger partial charge in [-0.2, -0.15) is 0 Å². The van der Waals surface area contributed by atoms with Gasteiger partial charge in [-0.3, -0.25) is 9.52 Å². The third-order valence-electron chi connectivity index (χ3n) is 4.05. The van der Waals surface area contributed by atoms with Crippen molar-refractivity contribution in [3.05, 3.63) is 42.0 Å². The molecule has 1 aromatic rings. The number of fused-ring (bicyclic) bond motifs is 2. The maximum atomic E-state index is 12.2. The average Bonchev–Trinajstić information content (AvgIpc) is 3.00. The first kappa shape index (κ1) is 14.1. The highest BCUT2D eigenvalue weighted by Crippen LogP contribution is 2.39. The first-order valence-corrected chi connectivity index (χ1v) is 8.87. The Hall–Kier alpha value is -1.82. The van der Waals surface area contributed by atoms with Crippen LogP contribution in [0.4, 0.5) is 5.69 Å². The zero-order valence-electron chi connectivity index (χ0n) is 11.7. The van der Waals surface area contributed by atoms with Gasteiger partial charge >= 0.3 is 0 Å². The van der Waals surface area contributed by atoms with Gasteiger partial charge in [0.15, 0.2) is 0 Å². The Morgan fingerprint density at radius 1 is 1.14 bits per heavy atom. The molecule has 2 aliphatic carbocycles. The van der Waals surface area contributed by atoms with Crippen LogP contribution in [0.15, 0.2) is 36.4 Å². The van der Waals surface area contributed by atoms with E-state index in [1.807, 2.05) is 0 Å². The molecule has 1 fully saturated rings. The van der Waals surface area contributed by atoms with Gasteiger partial charge in [0.2, 0.25) is 10.0 Å². The molecule has 0 heterocycles. The second kappa shape index (κ2) is 5.18. The maximum absolute atomic E-state index is 12.2. The molecule has 0 radical (unpaired) electrons. The molecule has 5 nitrogen and oxygen atoms in total. The van der Waals surface area contributed by atoms with E-state index in [-0.39, 0.29) is 11.9 Å². The number of sulfonamides is 1. The van der Waals surface area contributed by atoms with Crippen LogP contribution in [0.2, 0.25) is 0 Å². The lowest BCUT2D eigenvalue weighted by atomic mass is 10.0. The van der Waals surface area contributed by atoms with Gasteiger partial charge in [-0.05, 0) is 48.9 Å². The summed E-state index contributed by atoms with van der Waals surface area (Å²) in [5.74, 6) is 0.971. The van der Waals surface area contributed by atoms with Gasteiger partial charge in [-0.1, -0.05) is 12.2 Å². The van der Waals surface area contributed by atoms with Gasteiger partial charge in [0.05, 0.1) is 6.26 Å². The maximum Gasteiger partial charge on any atom is 0.251 e.